The molecule has 1 spiro atoms. The lowest BCUT2D eigenvalue weighted by atomic mass is 9.89. The Morgan fingerprint density at radius 1 is 1.32 bits per heavy atom. The Kier molecular flexibility index (Phi) is 5.36. The number of rotatable bonds is 7. The molecule has 3 aliphatic rings. The first-order valence-corrected chi connectivity index (χ1v) is 9.01. The zero-order valence-electron chi connectivity index (χ0n) is 14.3. The molecule has 138 valence electrons. The molecule has 1 atom stereocenters. The Morgan fingerprint density at radius 2 is 2.08 bits per heavy atom. The van der Waals surface area contributed by atoms with Gasteiger partial charge in [0.1, 0.15) is 0 Å². The van der Waals surface area contributed by atoms with Gasteiger partial charge in [0.25, 0.3) is 5.91 Å². The number of hydrogen-bond acceptors (Lipinski definition) is 6. The van der Waals surface area contributed by atoms with Crippen LogP contribution in [0.15, 0.2) is 5.16 Å². The van der Waals surface area contributed by atoms with Crippen LogP contribution in [0.2, 0.25) is 0 Å². The van der Waals surface area contributed by atoms with Crippen molar-refractivity contribution in [1.29, 1.82) is 0 Å². The molecule has 0 aliphatic carbocycles. The molecular formula is C17H25N3O5. The van der Waals surface area contributed by atoms with Gasteiger partial charge in [0.2, 0.25) is 11.5 Å². The van der Waals surface area contributed by atoms with Crippen molar-refractivity contribution >= 4 is 23.5 Å². The molecule has 0 aromatic carbocycles. The van der Waals surface area contributed by atoms with Crippen molar-refractivity contribution in [2.45, 2.75) is 57.0 Å². The van der Waals surface area contributed by atoms with E-state index in [9.17, 15) is 14.4 Å². The highest BCUT2D eigenvalue weighted by molar-refractivity contribution is 6.10. The van der Waals surface area contributed by atoms with Gasteiger partial charge in [-0.3, -0.25) is 19.3 Å². The van der Waals surface area contributed by atoms with Gasteiger partial charge >= 0.3 is 5.97 Å². The predicted molar refractivity (Wildman–Crippen MR) is 88.9 cm³/mol. The topological polar surface area (TPSA) is 108 Å². The first-order chi connectivity index (χ1) is 12.0. The molecular weight excluding hydrogens is 326 g/mol. The molecule has 3 aliphatic heterocycles. The number of oxime groups is 1. The fourth-order valence-corrected chi connectivity index (χ4v) is 3.82. The molecule has 0 aromatic rings. The Hall–Kier alpha value is -1.96. The monoisotopic (exact) mass is 351 g/mol. The van der Waals surface area contributed by atoms with Gasteiger partial charge in [0, 0.05) is 19.4 Å². The van der Waals surface area contributed by atoms with Crippen molar-refractivity contribution in [1.82, 2.24) is 10.2 Å². The van der Waals surface area contributed by atoms with E-state index in [0.717, 1.165) is 49.4 Å². The quantitative estimate of drug-likeness (QED) is 0.660. The van der Waals surface area contributed by atoms with Gasteiger partial charge in [-0.25, -0.2) is 0 Å². The van der Waals surface area contributed by atoms with Crippen LogP contribution in [0, 0.1) is 5.92 Å². The number of carboxylic acid groups (broad SMARTS) is 1. The van der Waals surface area contributed by atoms with Crippen molar-refractivity contribution in [3.05, 3.63) is 0 Å². The zero-order valence-corrected chi connectivity index (χ0v) is 14.3. The van der Waals surface area contributed by atoms with Crippen molar-refractivity contribution in [2.75, 3.05) is 19.6 Å². The molecule has 8 heteroatoms. The maximum Gasteiger partial charge on any atom is 0.303 e. The first kappa shape index (κ1) is 17.8. The minimum absolute atomic E-state index is 0.000741. The second kappa shape index (κ2) is 7.51. The van der Waals surface area contributed by atoms with Crippen LogP contribution < -0.4 is 5.32 Å². The third-order valence-corrected chi connectivity index (χ3v) is 5.28. The third-order valence-electron chi connectivity index (χ3n) is 5.28. The molecule has 0 bridgehead atoms. The Morgan fingerprint density at radius 3 is 2.80 bits per heavy atom. The van der Waals surface area contributed by atoms with Crippen molar-refractivity contribution in [2.24, 2.45) is 11.1 Å². The molecule has 2 fully saturated rings. The lowest BCUT2D eigenvalue weighted by Crippen LogP contribution is -2.41. The normalized spacial score (nSPS) is 27.0. The smallest absolute Gasteiger partial charge is 0.303 e. The van der Waals surface area contributed by atoms with E-state index in [-0.39, 0.29) is 37.6 Å². The van der Waals surface area contributed by atoms with Gasteiger partial charge in [0.15, 0.2) is 0 Å². The highest BCUT2D eigenvalue weighted by Gasteiger charge is 2.57. The zero-order chi connectivity index (χ0) is 17.9. The number of carbonyl (C=O) groups is 3. The van der Waals surface area contributed by atoms with Crippen LogP contribution >= 0.6 is 0 Å². The number of nitrogens with zero attached hydrogens (tertiary/aromatic N) is 2. The van der Waals surface area contributed by atoms with Crippen LogP contribution in [0.1, 0.15) is 51.4 Å². The summed E-state index contributed by atoms with van der Waals surface area (Å²) < 4.78 is 0. The SMILES string of the molecule is O=C(O)CCCN1C(=O)CC2(CC(CCC3CCNCC3)=NO2)C1=O. The molecule has 0 saturated carbocycles. The van der Waals surface area contributed by atoms with E-state index < -0.39 is 11.6 Å². The summed E-state index contributed by atoms with van der Waals surface area (Å²) in [5, 5.41) is 16.1. The number of amides is 2. The molecule has 1 unspecified atom stereocenters. The van der Waals surface area contributed by atoms with Crippen LogP contribution in [0.4, 0.5) is 0 Å². The van der Waals surface area contributed by atoms with E-state index in [1.807, 2.05) is 0 Å². The molecule has 25 heavy (non-hydrogen) atoms. The minimum Gasteiger partial charge on any atom is -0.481 e. The number of imide groups is 1. The maximum atomic E-state index is 12.6. The predicted octanol–water partition coefficient (Wildman–Crippen LogP) is 0.905. The Bertz CT molecular complexity index is 585. The van der Waals surface area contributed by atoms with Crippen LogP contribution in [-0.4, -0.2) is 58.7 Å². The number of hydrogen-bond donors (Lipinski definition) is 2. The summed E-state index contributed by atoms with van der Waals surface area (Å²) in [6.45, 7) is 2.23. The number of aliphatic carboxylic acids is 1. The highest BCUT2D eigenvalue weighted by atomic mass is 16.7. The standard InChI is InChI=1S/C17H25N3O5/c21-14-11-17(16(24)20(14)9-1-2-15(22)23)10-13(19-25-17)4-3-12-5-7-18-8-6-12/h12,18H,1-11H2,(H,22,23). The van der Waals surface area contributed by atoms with E-state index >= 15 is 0 Å². The summed E-state index contributed by atoms with van der Waals surface area (Å²) in [6.07, 6.45) is 4.71. The maximum absolute atomic E-state index is 12.6. The van der Waals surface area contributed by atoms with Gasteiger partial charge in [-0.2, -0.15) is 0 Å². The molecule has 0 radical (unpaired) electrons. The lowest BCUT2D eigenvalue weighted by molar-refractivity contribution is -0.148. The van der Waals surface area contributed by atoms with E-state index in [2.05, 4.69) is 10.5 Å². The summed E-state index contributed by atoms with van der Waals surface area (Å²) in [6, 6.07) is 0. The van der Waals surface area contributed by atoms with E-state index in [1.54, 1.807) is 0 Å². The Labute approximate surface area is 146 Å². The molecule has 2 saturated heterocycles. The average Bonchev–Trinajstić information content (AvgIpc) is 3.10. The lowest BCUT2D eigenvalue weighted by Gasteiger charge is -2.22. The molecule has 3 heterocycles. The molecule has 3 rings (SSSR count). The van der Waals surface area contributed by atoms with Gasteiger partial charge in [-0.15, -0.1) is 0 Å². The van der Waals surface area contributed by atoms with Crippen LogP contribution in [0.5, 0.6) is 0 Å². The molecule has 2 amide bonds. The van der Waals surface area contributed by atoms with Gasteiger partial charge in [0.05, 0.1) is 12.1 Å². The molecule has 0 aromatic heterocycles. The number of nitrogens with one attached hydrogen (secondary N) is 1. The third kappa shape index (κ3) is 4.00. The summed E-state index contributed by atoms with van der Waals surface area (Å²) >= 11 is 0. The minimum atomic E-state index is -1.18. The number of carbonyl (C=O) groups excluding carboxylic acids is 2. The summed E-state index contributed by atoms with van der Waals surface area (Å²) in [4.78, 5) is 41.9. The van der Waals surface area contributed by atoms with Gasteiger partial charge in [-0.05, 0) is 51.1 Å². The summed E-state index contributed by atoms with van der Waals surface area (Å²) in [7, 11) is 0. The second-order valence-electron chi connectivity index (χ2n) is 7.18. The average molecular weight is 351 g/mol. The van der Waals surface area contributed by atoms with Gasteiger partial charge in [-0.1, -0.05) is 5.16 Å². The summed E-state index contributed by atoms with van der Waals surface area (Å²) in [5.41, 5.74) is -0.323. The Balaban J connectivity index is 1.50. The number of likely N-dealkylation sites (tertiary alicyclic amines) is 1. The van der Waals surface area contributed by atoms with Crippen molar-refractivity contribution in [3.63, 3.8) is 0 Å². The molecule has 2 N–H and O–H groups in total. The van der Waals surface area contributed by atoms with Crippen molar-refractivity contribution in [3.8, 4) is 0 Å². The first-order valence-electron chi connectivity index (χ1n) is 9.01. The fraction of sp³-hybridized carbons (Fsp3) is 0.765. The van der Waals surface area contributed by atoms with E-state index in [1.165, 1.54) is 0 Å². The van der Waals surface area contributed by atoms with Crippen molar-refractivity contribution < 1.29 is 24.3 Å². The van der Waals surface area contributed by atoms with Crippen LogP contribution in [0.3, 0.4) is 0 Å². The van der Waals surface area contributed by atoms with Gasteiger partial charge < -0.3 is 15.3 Å². The highest BCUT2D eigenvalue weighted by Crippen LogP contribution is 2.37. The van der Waals surface area contributed by atoms with E-state index in [4.69, 9.17) is 9.94 Å². The van der Waals surface area contributed by atoms with E-state index in [0.29, 0.717) is 12.3 Å². The summed E-state index contributed by atoms with van der Waals surface area (Å²) in [5.74, 6) is -0.933. The second-order valence-corrected chi connectivity index (χ2v) is 7.18. The molecule has 8 nitrogen and oxygen atoms in total. The van der Waals surface area contributed by atoms with Crippen LogP contribution in [0.25, 0.3) is 0 Å². The van der Waals surface area contributed by atoms with Crippen LogP contribution in [-0.2, 0) is 19.2 Å². The fourth-order valence-electron chi connectivity index (χ4n) is 3.82. The largest absolute Gasteiger partial charge is 0.481 e. The number of piperidine rings is 1. The number of carboxylic acids is 1.